The molecule has 4 unspecified atom stereocenters. The molecule has 14 nitrogen and oxygen atoms in total. The van der Waals surface area contributed by atoms with Gasteiger partial charge in [0.1, 0.15) is 18.3 Å². The Hall–Kier alpha value is -3.20. The molecule has 6 N–H and O–H groups in total. The number of hydrogen-bond donors (Lipinski definition) is 5. The van der Waals surface area contributed by atoms with Crippen molar-refractivity contribution in [2.45, 2.75) is 62.7 Å². The molecule has 176 valence electrons. The molecule has 3 aromatic heterocycles. The number of imidazole rings is 1. The third kappa shape index (κ3) is 4.01. The van der Waals surface area contributed by atoms with Crippen LogP contribution in [0.5, 0.6) is 0 Å². The van der Waals surface area contributed by atoms with Crippen molar-refractivity contribution in [2.24, 2.45) is 5.73 Å². The summed E-state index contributed by atoms with van der Waals surface area (Å²) in [5.41, 5.74) is 6.40. The van der Waals surface area contributed by atoms with Crippen molar-refractivity contribution in [1.29, 1.82) is 0 Å². The first-order valence-electron chi connectivity index (χ1n) is 10.8. The van der Waals surface area contributed by atoms with Gasteiger partial charge in [0.15, 0.2) is 23.2 Å². The van der Waals surface area contributed by atoms with E-state index in [4.69, 9.17) is 10.5 Å². The SMILES string of the molecule is NC(=O)Cc1cn(-c2nc(NC3CCCC3)c3ncn(C4OC(CO)C(O)C4O)c3n2)nn1. The van der Waals surface area contributed by atoms with E-state index in [1.165, 1.54) is 21.8 Å². The minimum atomic E-state index is -1.29. The maximum atomic E-state index is 11.2. The molecule has 0 radical (unpaired) electrons. The Balaban J connectivity index is 1.58. The molecule has 4 heterocycles. The van der Waals surface area contributed by atoms with Crippen LogP contribution in [0.15, 0.2) is 12.5 Å². The average Bonchev–Trinajstić information content (AvgIpc) is 3.57. The van der Waals surface area contributed by atoms with Gasteiger partial charge in [-0.1, -0.05) is 18.1 Å². The summed E-state index contributed by atoms with van der Waals surface area (Å²) in [6.45, 7) is -0.447. The van der Waals surface area contributed by atoms with E-state index in [-0.39, 0.29) is 18.4 Å². The summed E-state index contributed by atoms with van der Waals surface area (Å²) in [5.74, 6) is 0.114. The first-order chi connectivity index (χ1) is 15.9. The Kier molecular flexibility index (Phi) is 5.65. The molecular weight excluding hydrogens is 434 g/mol. The van der Waals surface area contributed by atoms with Gasteiger partial charge in [-0.05, 0) is 12.8 Å². The van der Waals surface area contributed by atoms with Crippen LogP contribution in [0.3, 0.4) is 0 Å². The van der Waals surface area contributed by atoms with E-state index in [9.17, 15) is 20.1 Å². The maximum absolute atomic E-state index is 11.2. The molecule has 1 amide bonds. The zero-order valence-electron chi connectivity index (χ0n) is 17.7. The number of aliphatic hydroxyl groups is 3. The molecule has 5 rings (SSSR count). The predicted molar refractivity (Wildman–Crippen MR) is 112 cm³/mol. The maximum Gasteiger partial charge on any atom is 0.256 e. The van der Waals surface area contributed by atoms with Crippen molar-refractivity contribution in [3.8, 4) is 5.95 Å². The number of ether oxygens (including phenoxy) is 1. The normalized spacial score (nSPS) is 25.8. The van der Waals surface area contributed by atoms with Crippen molar-refractivity contribution in [3.05, 3.63) is 18.2 Å². The predicted octanol–water partition coefficient (Wildman–Crippen LogP) is -1.60. The molecule has 14 heteroatoms. The first-order valence-corrected chi connectivity index (χ1v) is 10.8. The number of carbonyl (C=O) groups is 1. The van der Waals surface area contributed by atoms with E-state index >= 15 is 0 Å². The minimum absolute atomic E-state index is 0.0735. The number of rotatable bonds is 7. The highest BCUT2D eigenvalue weighted by Gasteiger charge is 2.44. The van der Waals surface area contributed by atoms with Crippen molar-refractivity contribution >= 4 is 22.9 Å². The summed E-state index contributed by atoms with van der Waals surface area (Å²) in [7, 11) is 0. The number of anilines is 1. The lowest BCUT2D eigenvalue weighted by atomic mass is 10.1. The number of aliphatic hydroxyl groups excluding tert-OH is 3. The Morgan fingerprint density at radius 3 is 2.73 bits per heavy atom. The van der Waals surface area contributed by atoms with Crippen LogP contribution in [-0.4, -0.2) is 86.7 Å². The number of nitrogens with zero attached hydrogens (tertiary/aromatic N) is 7. The summed E-state index contributed by atoms with van der Waals surface area (Å²) in [6.07, 6.45) is 2.63. The fourth-order valence-electron chi connectivity index (χ4n) is 4.32. The smallest absolute Gasteiger partial charge is 0.256 e. The second-order valence-electron chi connectivity index (χ2n) is 8.35. The molecule has 1 aliphatic heterocycles. The third-order valence-electron chi connectivity index (χ3n) is 6.00. The van der Waals surface area contributed by atoms with Gasteiger partial charge < -0.3 is 31.1 Å². The van der Waals surface area contributed by atoms with Crippen molar-refractivity contribution in [2.75, 3.05) is 11.9 Å². The van der Waals surface area contributed by atoms with Gasteiger partial charge in [0.05, 0.1) is 31.2 Å². The number of amides is 1. The van der Waals surface area contributed by atoms with Gasteiger partial charge in [-0.25, -0.2) is 4.98 Å². The van der Waals surface area contributed by atoms with Gasteiger partial charge in [0.25, 0.3) is 5.95 Å². The van der Waals surface area contributed by atoms with Crippen LogP contribution in [0.25, 0.3) is 17.1 Å². The standard InChI is InChI=1S/C19H25N9O5/c20-12(30)5-10-6-28(26-25-10)19-23-16(22-9-3-1-2-4-9)13-17(24-19)27(8-21-13)18-15(32)14(31)11(7-29)33-18/h6,8-9,11,14-15,18,29,31-32H,1-5,7H2,(H2,20,30)(H,22,23,24). The zero-order chi connectivity index (χ0) is 23.1. The highest BCUT2D eigenvalue weighted by atomic mass is 16.6. The van der Waals surface area contributed by atoms with Crippen LogP contribution in [-0.2, 0) is 16.0 Å². The van der Waals surface area contributed by atoms with Gasteiger partial charge in [-0.2, -0.15) is 14.6 Å². The largest absolute Gasteiger partial charge is 0.394 e. The average molecular weight is 459 g/mol. The fraction of sp³-hybridized carbons (Fsp3) is 0.579. The molecule has 0 bridgehead atoms. The number of fused-ring (bicyclic) bond motifs is 1. The lowest BCUT2D eigenvalue weighted by molar-refractivity contribution is -0.117. The topological polar surface area (TPSA) is 199 Å². The summed E-state index contributed by atoms with van der Waals surface area (Å²) in [5, 5.41) is 41.5. The summed E-state index contributed by atoms with van der Waals surface area (Å²) in [4.78, 5) is 24.8. The van der Waals surface area contributed by atoms with Crippen molar-refractivity contribution in [3.63, 3.8) is 0 Å². The van der Waals surface area contributed by atoms with Gasteiger partial charge in [0, 0.05) is 6.04 Å². The second-order valence-corrected chi connectivity index (χ2v) is 8.35. The first kappa shape index (κ1) is 21.6. The number of aromatic nitrogens is 7. The van der Waals surface area contributed by atoms with Crippen molar-refractivity contribution < 1.29 is 24.9 Å². The van der Waals surface area contributed by atoms with Crippen LogP contribution >= 0.6 is 0 Å². The van der Waals surface area contributed by atoms with Crippen LogP contribution < -0.4 is 11.1 Å². The van der Waals surface area contributed by atoms with Crippen LogP contribution in [0.1, 0.15) is 37.6 Å². The number of nitrogens with two attached hydrogens (primary N) is 1. The molecule has 0 aromatic carbocycles. The molecule has 33 heavy (non-hydrogen) atoms. The van der Waals surface area contributed by atoms with E-state index in [0.29, 0.717) is 22.7 Å². The van der Waals surface area contributed by atoms with Crippen molar-refractivity contribution in [1.82, 2.24) is 34.5 Å². The van der Waals surface area contributed by atoms with Gasteiger partial charge in [-0.15, -0.1) is 5.10 Å². The Morgan fingerprint density at radius 1 is 1.24 bits per heavy atom. The fourth-order valence-corrected chi connectivity index (χ4v) is 4.32. The highest BCUT2D eigenvalue weighted by molar-refractivity contribution is 5.84. The monoisotopic (exact) mass is 459 g/mol. The van der Waals surface area contributed by atoms with Crippen LogP contribution in [0, 0.1) is 0 Å². The molecule has 2 aliphatic rings. The van der Waals surface area contributed by atoms with Gasteiger partial charge in [0.2, 0.25) is 5.91 Å². The second kappa shape index (κ2) is 8.62. The Labute approximate surface area is 187 Å². The summed E-state index contributed by atoms with van der Waals surface area (Å²) >= 11 is 0. The van der Waals surface area contributed by atoms with E-state index in [2.05, 4.69) is 30.6 Å². The minimum Gasteiger partial charge on any atom is -0.394 e. The molecule has 1 aliphatic carbocycles. The lowest BCUT2D eigenvalue weighted by Gasteiger charge is -2.17. The molecule has 2 fully saturated rings. The van der Waals surface area contributed by atoms with Gasteiger partial charge >= 0.3 is 0 Å². The van der Waals surface area contributed by atoms with E-state index in [1.54, 1.807) is 0 Å². The lowest BCUT2D eigenvalue weighted by Crippen LogP contribution is -2.33. The summed E-state index contributed by atoms with van der Waals surface area (Å²) < 4.78 is 8.48. The molecule has 1 saturated carbocycles. The number of hydrogen-bond acceptors (Lipinski definition) is 11. The third-order valence-corrected chi connectivity index (χ3v) is 6.00. The Morgan fingerprint density at radius 2 is 2.03 bits per heavy atom. The summed E-state index contributed by atoms with van der Waals surface area (Å²) in [6, 6.07) is 0.233. The van der Waals surface area contributed by atoms with E-state index in [0.717, 1.165) is 25.7 Å². The molecule has 3 aromatic rings. The van der Waals surface area contributed by atoms with E-state index < -0.39 is 37.1 Å². The molecular formula is C19H25N9O5. The molecule has 1 saturated heterocycles. The number of nitrogens with one attached hydrogen (secondary N) is 1. The van der Waals surface area contributed by atoms with Crippen LogP contribution in [0.4, 0.5) is 5.82 Å². The van der Waals surface area contributed by atoms with Crippen LogP contribution in [0.2, 0.25) is 0 Å². The number of primary amides is 1. The zero-order valence-corrected chi connectivity index (χ0v) is 17.7. The Bertz CT molecular complexity index is 1160. The highest BCUT2D eigenvalue weighted by Crippen LogP contribution is 2.33. The molecule has 0 spiro atoms. The molecule has 4 atom stereocenters. The quantitative estimate of drug-likeness (QED) is 0.272. The van der Waals surface area contributed by atoms with Gasteiger partial charge in [-0.3, -0.25) is 9.36 Å². The van der Waals surface area contributed by atoms with E-state index in [1.807, 2.05) is 0 Å². The number of carbonyl (C=O) groups excluding carboxylic acids is 1.